The fourth-order valence-corrected chi connectivity index (χ4v) is 3.74. The number of anilines is 1. The predicted octanol–water partition coefficient (Wildman–Crippen LogP) is 3.47. The minimum Gasteiger partial charge on any atom is -0.441 e. The second-order valence-corrected chi connectivity index (χ2v) is 7.93. The van der Waals surface area contributed by atoms with Crippen LogP contribution in [-0.2, 0) is 16.0 Å². The van der Waals surface area contributed by atoms with Crippen LogP contribution in [-0.4, -0.2) is 59.3 Å². The van der Waals surface area contributed by atoms with E-state index in [1.807, 2.05) is 4.90 Å². The number of amides is 2. The molecule has 1 aliphatic heterocycles. The van der Waals surface area contributed by atoms with Gasteiger partial charge in [-0.2, -0.15) is 0 Å². The van der Waals surface area contributed by atoms with Crippen LogP contribution >= 0.6 is 0 Å². The summed E-state index contributed by atoms with van der Waals surface area (Å²) >= 11 is 0. The number of piperazine rings is 1. The maximum Gasteiger partial charge on any atom is 0.238 e. The molecular weight excluding hydrogens is 449 g/mol. The van der Waals surface area contributed by atoms with Crippen LogP contribution < -0.4 is 5.32 Å². The highest BCUT2D eigenvalue weighted by molar-refractivity contribution is 5.92. The molecule has 2 heterocycles. The van der Waals surface area contributed by atoms with Crippen molar-refractivity contribution in [3.63, 3.8) is 0 Å². The van der Waals surface area contributed by atoms with E-state index in [0.29, 0.717) is 31.9 Å². The molecule has 34 heavy (non-hydrogen) atoms. The van der Waals surface area contributed by atoms with Gasteiger partial charge < -0.3 is 14.6 Å². The quantitative estimate of drug-likeness (QED) is 0.570. The largest absolute Gasteiger partial charge is 0.441 e. The zero-order chi connectivity index (χ0) is 24.1. The number of aryl methyl sites for hydroxylation is 1. The van der Waals surface area contributed by atoms with Crippen LogP contribution in [0.3, 0.4) is 0 Å². The van der Waals surface area contributed by atoms with Gasteiger partial charge in [0.05, 0.1) is 18.3 Å². The van der Waals surface area contributed by atoms with Gasteiger partial charge in [0.2, 0.25) is 11.8 Å². The van der Waals surface area contributed by atoms with Gasteiger partial charge in [0.1, 0.15) is 17.5 Å². The number of nitrogens with zero attached hydrogens (tertiary/aromatic N) is 3. The molecule has 0 aliphatic carbocycles. The van der Waals surface area contributed by atoms with Gasteiger partial charge in [0.25, 0.3) is 0 Å². The average molecular weight is 472 g/mol. The summed E-state index contributed by atoms with van der Waals surface area (Å²) in [4.78, 5) is 32.4. The highest BCUT2D eigenvalue weighted by Crippen LogP contribution is 2.26. The van der Waals surface area contributed by atoms with E-state index in [0.717, 1.165) is 12.1 Å². The molecule has 1 aliphatic rings. The van der Waals surface area contributed by atoms with Crippen molar-refractivity contribution >= 4 is 17.5 Å². The molecule has 0 bridgehead atoms. The first-order chi connectivity index (χ1) is 16.4. The Hall–Kier alpha value is -3.66. The summed E-state index contributed by atoms with van der Waals surface area (Å²) < 4.78 is 46.2. The SMILES string of the molecule is O=C(CN1CCN(C(=O)CCc2ncc(-c3c(F)cccc3F)o2)CC1)Nc1ccc(F)cc1. The van der Waals surface area contributed by atoms with E-state index in [9.17, 15) is 22.8 Å². The summed E-state index contributed by atoms with van der Waals surface area (Å²) in [5, 5.41) is 2.72. The summed E-state index contributed by atoms with van der Waals surface area (Å²) in [5.41, 5.74) is 0.236. The molecule has 7 nitrogen and oxygen atoms in total. The number of hydrogen-bond acceptors (Lipinski definition) is 5. The highest BCUT2D eigenvalue weighted by Gasteiger charge is 2.23. The fraction of sp³-hybridized carbons (Fsp3) is 0.292. The molecule has 0 unspecified atom stereocenters. The first kappa shape index (κ1) is 23.5. The summed E-state index contributed by atoms with van der Waals surface area (Å²) in [6.45, 7) is 2.20. The number of halogens is 3. The van der Waals surface area contributed by atoms with Gasteiger partial charge >= 0.3 is 0 Å². The lowest BCUT2D eigenvalue weighted by atomic mass is 10.1. The first-order valence-corrected chi connectivity index (χ1v) is 10.8. The standard InChI is InChI=1S/C24H23F3N4O3/c25-16-4-6-17(7-5-16)29-21(32)15-30-10-12-31(13-11-30)23(33)9-8-22-28-14-20(34-22)24-18(26)2-1-3-19(24)27/h1-7,14H,8-13,15H2,(H,29,32). The van der Waals surface area contributed by atoms with Gasteiger partial charge in [-0.3, -0.25) is 14.5 Å². The molecule has 0 radical (unpaired) electrons. The number of hydrogen-bond donors (Lipinski definition) is 1. The van der Waals surface area contributed by atoms with Crippen molar-refractivity contribution in [1.29, 1.82) is 0 Å². The van der Waals surface area contributed by atoms with Crippen molar-refractivity contribution in [3.05, 3.63) is 72.0 Å². The molecule has 1 N–H and O–H groups in total. The summed E-state index contributed by atoms with van der Waals surface area (Å²) in [5.74, 6) is -1.97. The molecule has 0 saturated carbocycles. The molecule has 10 heteroatoms. The summed E-state index contributed by atoms with van der Waals surface area (Å²) in [7, 11) is 0. The minimum absolute atomic E-state index is 0.0226. The number of rotatable bonds is 7. The Balaban J connectivity index is 1.22. The molecule has 178 valence electrons. The lowest BCUT2D eigenvalue weighted by molar-refractivity contribution is -0.133. The molecule has 1 saturated heterocycles. The van der Waals surface area contributed by atoms with Gasteiger partial charge in [-0.25, -0.2) is 18.2 Å². The zero-order valence-corrected chi connectivity index (χ0v) is 18.3. The number of carbonyl (C=O) groups is 2. The summed E-state index contributed by atoms with van der Waals surface area (Å²) in [6.07, 6.45) is 1.59. The molecule has 0 atom stereocenters. The maximum absolute atomic E-state index is 13.9. The van der Waals surface area contributed by atoms with E-state index >= 15 is 0 Å². The van der Waals surface area contributed by atoms with E-state index in [2.05, 4.69) is 10.3 Å². The lowest BCUT2D eigenvalue weighted by Gasteiger charge is -2.34. The summed E-state index contributed by atoms with van der Waals surface area (Å²) in [6, 6.07) is 9.07. The van der Waals surface area contributed by atoms with E-state index in [-0.39, 0.29) is 54.2 Å². The van der Waals surface area contributed by atoms with Crippen molar-refractivity contribution in [2.75, 3.05) is 38.0 Å². The third kappa shape index (κ3) is 5.82. The number of oxazole rings is 1. The highest BCUT2D eigenvalue weighted by atomic mass is 19.1. The lowest BCUT2D eigenvalue weighted by Crippen LogP contribution is -2.50. The number of carbonyl (C=O) groups excluding carboxylic acids is 2. The number of aromatic nitrogens is 1. The Morgan fingerprint density at radius 1 is 0.971 bits per heavy atom. The molecule has 0 spiro atoms. The van der Waals surface area contributed by atoms with Gasteiger partial charge in [-0.1, -0.05) is 6.07 Å². The van der Waals surface area contributed by atoms with Gasteiger partial charge in [-0.15, -0.1) is 0 Å². The van der Waals surface area contributed by atoms with E-state index < -0.39 is 11.6 Å². The van der Waals surface area contributed by atoms with Crippen LogP contribution in [0.1, 0.15) is 12.3 Å². The van der Waals surface area contributed by atoms with Crippen LogP contribution in [0, 0.1) is 17.5 Å². The van der Waals surface area contributed by atoms with E-state index in [4.69, 9.17) is 4.42 Å². The smallest absolute Gasteiger partial charge is 0.238 e. The van der Waals surface area contributed by atoms with Crippen molar-refractivity contribution in [1.82, 2.24) is 14.8 Å². The second kappa shape index (κ2) is 10.5. The monoisotopic (exact) mass is 472 g/mol. The van der Waals surface area contributed by atoms with Crippen LogP contribution in [0.2, 0.25) is 0 Å². The second-order valence-electron chi connectivity index (χ2n) is 7.93. The van der Waals surface area contributed by atoms with E-state index in [1.54, 1.807) is 4.90 Å². The molecular formula is C24H23F3N4O3. The van der Waals surface area contributed by atoms with Gasteiger partial charge in [0, 0.05) is 44.7 Å². The van der Waals surface area contributed by atoms with Crippen molar-refractivity contribution in [3.8, 4) is 11.3 Å². The van der Waals surface area contributed by atoms with Crippen molar-refractivity contribution in [2.45, 2.75) is 12.8 Å². The molecule has 3 aromatic rings. The Kier molecular flexibility index (Phi) is 7.27. The topological polar surface area (TPSA) is 78.7 Å². The predicted molar refractivity (Wildman–Crippen MR) is 118 cm³/mol. The number of benzene rings is 2. The third-order valence-electron chi connectivity index (χ3n) is 5.54. The van der Waals surface area contributed by atoms with Crippen LogP contribution in [0.15, 0.2) is 53.1 Å². The maximum atomic E-state index is 13.9. The van der Waals surface area contributed by atoms with Crippen LogP contribution in [0.5, 0.6) is 0 Å². The Bertz CT molecular complexity index is 1140. The van der Waals surface area contributed by atoms with Crippen molar-refractivity contribution in [2.24, 2.45) is 0 Å². The van der Waals surface area contributed by atoms with Crippen molar-refractivity contribution < 1.29 is 27.2 Å². The number of nitrogens with one attached hydrogen (secondary N) is 1. The molecule has 2 aromatic carbocycles. The van der Waals surface area contributed by atoms with Gasteiger partial charge in [-0.05, 0) is 36.4 Å². The Morgan fingerprint density at radius 2 is 1.65 bits per heavy atom. The average Bonchev–Trinajstić information content (AvgIpc) is 3.28. The molecule has 1 aromatic heterocycles. The van der Waals surface area contributed by atoms with E-state index in [1.165, 1.54) is 36.5 Å². The minimum atomic E-state index is -0.747. The third-order valence-corrected chi connectivity index (χ3v) is 5.54. The van der Waals surface area contributed by atoms with Crippen LogP contribution in [0.25, 0.3) is 11.3 Å². The molecule has 1 fully saturated rings. The zero-order valence-electron chi connectivity index (χ0n) is 18.3. The van der Waals surface area contributed by atoms with Crippen LogP contribution in [0.4, 0.5) is 18.9 Å². The normalized spacial score (nSPS) is 14.3. The fourth-order valence-electron chi connectivity index (χ4n) is 3.74. The first-order valence-electron chi connectivity index (χ1n) is 10.8. The van der Waals surface area contributed by atoms with Gasteiger partial charge in [0.15, 0.2) is 11.7 Å². The molecule has 2 amide bonds. The Morgan fingerprint density at radius 3 is 2.32 bits per heavy atom. The Labute approximate surface area is 194 Å². The molecule has 4 rings (SSSR count).